The maximum Gasteiger partial charge on any atom is 0.134 e. The van der Waals surface area contributed by atoms with E-state index >= 15 is 0 Å². The van der Waals surface area contributed by atoms with Crippen molar-refractivity contribution in [2.75, 3.05) is 6.54 Å². The highest BCUT2D eigenvalue weighted by atomic mass is 79.9. The molecule has 110 valence electrons. The third kappa shape index (κ3) is 3.14. The number of rotatable bonds is 3. The number of nitrogens with one attached hydrogen (secondary N) is 1. The van der Waals surface area contributed by atoms with Crippen molar-refractivity contribution < 1.29 is 4.74 Å². The third-order valence-electron chi connectivity index (χ3n) is 4.15. The van der Waals surface area contributed by atoms with Crippen LogP contribution in [0.25, 0.3) is 0 Å². The molecule has 0 saturated heterocycles. The van der Waals surface area contributed by atoms with E-state index in [1.165, 1.54) is 27.8 Å². The minimum Gasteiger partial charge on any atom is -0.488 e. The molecule has 3 heteroatoms. The van der Waals surface area contributed by atoms with Crippen molar-refractivity contribution in [3.8, 4) is 5.75 Å². The van der Waals surface area contributed by atoms with Gasteiger partial charge in [-0.15, -0.1) is 0 Å². The molecule has 0 aliphatic carbocycles. The second-order valence-electron chi connectivity index (χ2n) is 5.64. The average molecular weight is 346 g/mol. The van der Waals surface area contributed by atoms with E-state index in [1.807, 2.05) is 6.07 Å². The molecule has 0 bridgehead atoms. The number of halogens is 1. The molecule has 0 unspecified atom stereocenters. The summed E-state index contributed by atoms with van der Waals surface area (Å²) in [5.74, 6) is 0.902. The van der Waals surface area contributed by atoms with Gasteiger partial charge in [-0.2, -0.15) is 0 Å². The molecule has 1 aliphatic heterocycles. The molecule has 2 aromatic carbocycles. The Kier molecular flexibility index (Phi) is 4.32. The molecule has 1 heterocycles. The maximum absolute atomic E-state index is 5.99. The molecule has 0 saturated carbocycles. The number of benzene rings is 2. The minimum atomic E-state index is 0.619. The number of hydrogen-bond acceptors (Lipinski definition) is 2. The number of ether oxygens (including phenoxy) is 1. The van der Waals surface area contributed by atoms with Crippen LogP contribution in [0.4, 0.5) is 0 Å². The van der Waals surface area contributed by atoms with E-state index in [-0.39, 0.29) is 0 Å². The fourth-order valence-corrected chi connectivity index (χ4v) is 3.45. The van der Waals surface area contributed by atoms with Crippen molar-refractivity contribution >= 4 is 15.9 Å². The largest absolute Gasteiger partial charge is 0.488 e. The average Bonchev–Trinajstić information content (AvgIpc) is 2.48. The van der Waals surface area contributed by atoms with Gasteiger partial charge in [-0.05, 0) is 82.7 Å². The molecule has 0 fully saturated rings. The van der Waals surface area contributed by atoms with Crippen LogP contribution in [0.2, 0.25) is 0 Å². The highest BCUT2D eigenvalue weighted by Gasteiger charge is 2.13. The standard InChI is InChI=1S/C18H20BrNO/c1-12-3-6-18(17(19)9-12)21-11-15-5-4-14-10-20-8-7-16(14)13(15)2/h3-6,9,20H,7-8,10-11H2,1-2H3. The van der Waals surface area contributed by atoms with E-state index in [0.717, 1.165) is 29.7 Å². The molecule has 0 atom stereocenters. The fraction of sp³-hybridized carbons (Fsp3) is 0.333. The first-order valence-electron chi connectivity index (χ1n) is 7.35. The highest BCUT2D eigenvalue weighted by Crippen LogP contribution is 2.28. The van der Waals surface area contributed by atoms with Crippen molar-refractivity contribution in [2.45, 2.75) is 33.4 Å². The lowest BCUT2D eigenvalue weighted by molar-refractivity contribution is 0.303. The molecule has 2 nitrogen and oxygen atoms in total. The number of hydrogen-bond donors (Lipinski definition) is 1. The van der Waals surface area contributed by atoms with Crippen molar-refractivity contribution in [2.24, 2.45) is 0 Å². The SMILES string of the molecule is Cc1ccc(OCc2ccc3c(c2C)CCNC3)c(Br)c1. The molecular weight excluding hydrogens is 326 g/mol. The van der Waals surface area contributed by atoms with Gasteiger partial charge in [0.15, 0.2) is 0 Å². The summed E-state index contributed by atoms with van der Waals surface area (Å²) in [6, 6.07) is 10.6. The van der Waals surface area contributed by atoms with Crippen LogP contribution >= 0.6 is 15.9 Å². The van der Waals surface area contributed by atoms with Crippen LogP contribution in [-0.2, 0) is 19.6 Å². The van der Waals surface area contributed by atoms with Gasteiger partial charge in [-0.3, -0.25) is 0 Å². The predicted molar refractivity (Wildman–Crippen MR) is 89.8 cm³/mol. The van der Waals surface area contributed by atoms with E-state index in [0.29, 0.717) is 6.61 Å². The first-order chi connectivity index (χ1) is 10.1. The van der Waals surface area contributed by atoms with E-state index in [1.54, 1.807) is 0 Å². The highest BCUT2D eigenvalue weighted by molar-refractivity contribution is 9.10. The van der Waals surface area contributed by atoms with Crippen LogP contribution < -0.4 is 10.1 Å². The summed E-state index contributed by atoms with van der Waals surface area (Å²) in [4.78, 5) is 0. The summed E-state index contributed by atoms with van der Waals surface area (Å²) >= 11 is 3.57. The van der Waals surface area contributed by atoms with Crippen molar-refractivity contribution in [1.82, 2.24) is 5.32 Å². The van der Waals surface area contributed by atoms with Gasteiger partial charge in [-0.25, -0.2) is 0 Å². The minimum absolute atomic E-state index is 0.619. The summed E-state index contributed by atoms with van der Waals surface area (Å²) in [7, 11) is 0. The normalized spacial score (nSPS) is 13.9. The van der Waals surface area contributed by atoms with Crippen LogP contribution in [0.15, 0.2) is 34.8 Å². The maximum atomic E-state index is 5.99. The number of aryl methyl sites for hydroxylation is 1. The Morgan fingerprint density at radius 3 is 2.86 bits per heavy atom. The summed E-state index contributed by atoms with van der Waals surface area (Å²) in [5, 5.41) is 3.42. The fourth-order valence-electron chi connectivity index (χ4n) is 2.85. The van der Waals surface area contributed by atoms with E-state index in [2.05, 4.69) is 59.4 Å². The molecule has 0 radical (unpaired) electrons. The Morgan fingerprint density at radius 1 is 1.19 bits per heavy atom. The van der Waals surface area contributed by atoms with E-state index < -0.39 is 0 Å². The lowest BCUT2D eigenvalue weighted by Crippen LogP contribution is -2.24. The third-order valence-corrected chi connectivity index (χ3v) is 4.77. The first-order valence-corrected chi connectivity index (χ1v) is 8.14. The topological polar surface area (TPSA) is 21.3 Å². The molecule has 0 aromatic heterocycles. The summed E-state index contributed by atoms with van der Waals surface area (Å²) in [5.41, 5.74) is 6.82. The number of fused-ring (bicyclic) bond motifs is 1. The Morgan fingerprint density at radius 2 is 2.05 bits per heavy atom. The molecule has 1 N–H and O–H groups in total. The van der Waals surface area contributed by atoms with Gasteiger partial charge < -0.3 is 10.1 Å². The summed E-state index contributed by atoms with van der Waals surface area (Å²) in [6.07, 6.45) is 1.11. The second kappa shape index (κ2) is 6.20. The molecule has 0 spiro atoms. The quantitative estimate of drug-likeness (QED) is 0.895. The summed E-state index contributed by atoms with van der Waals surface area (Å²) < 4.78 is 7.00. The molecule has 21 heavy (non-hydrogen) atoms. The zero-order valence-corrected chi connectivity index (χ0v) is 14.1. The Hall–Kier alpha value is -1.32. The lowest BCUT2D eigenvalue weighted by Gasteiger charge is -2.21. The smallest absolute Gasteiger partial charge is 0.134 e. The zero-order chi connectivity index (χ0) is 14.8. The molecule has 3 rings (SSSR count). The zero-order valence-electron chi connectivity index (χ0n) is 12.5. The van der Waals surface area contributed by atoms with Crippen LogP contribution in [0.5, 0.6) is 5.75 Å². The van der Waals surface area contributed by atoms with Crippen LogP contribution in [0, 0.1) is 13.8 Å². The van der Waals surface area contributed by atoms with Gasteiger partial charge in [0.05, 0.1) is 4.47 Å². The van der Waals surface area contributed by atoms with E-state index in [4.69, 9.17) is 4.74 Å². The monoisotopic (exact) mass is 345 g/mol. The summed E-state index contributed by atoms with van der Waals surface area (Å²) in [6.45, 7) is 6.97. The van der Waals surface area contributed by atoms with Crippen LogP contribution in [0.1, 0.15) is 27.8 Å². The first kappa shape index (κ1) is 14.6. The molecule has 2 aromatic rings. The van der Waals surface area contributed by atoms with E-state index in [9.17, 15) is 0 Å². The van der Waals surface area contributed by atoms with Crippen LogP contribution in [0.3, 0.4) is 0 Å². The van der Waals surface area contributed by atoms with Gasteiger partial charge in [0.1, 0.15) is 12.4 Å². The van der Waals surface area contributed by atoms with Gasteiger partial charge >= 0.3 is 0 Å². The van der Waals surface area contributed by atoms with Crippen LogP contribution in [-0.4, -0.2) is 6.54 Å². The predicted octanol–water partition coefficient (Wildman–Crippen LogP) is 4.29. The lowest BCUT2D eigenvalue weighted by atomic mass is 9.93. The van der Waals surface area contributed by atoms with Crippen molar-refractivity contribution in [3.63, 3.8) is 0 Å². The van der Waals surface area contributed by atoms with Gasteiger partial charge in [0, 0.05) is 6.54 Å². The second-order valence-corrected chi connectivity index (χ2v) is 6.49. The molecular formula is C18H20BrNO. The molecule has 1 aliphatic rings. The van der Waals surface area contributed by atoms with Crippen molar-refractivity contribution in [1.29, 1.82) is 0 Å². The van der Waals surface area contributed by atoms with Gasteiger partial charge in [0.2, 0.25) is 0 Å². The van der Waals surface area contributed by atoms with Gasteiger partial charge in [0.25, 0.3) is 0 Å². The Balaban J connectivity index is 1.79. The Bertz CT molecular complexity index is 667. The van der Waals surface area contributed by atoms with Gasteiger partial charge in [-0.1, -0.05) is 18.2 Å². The van der Waals surface area contributed by atoms with Crippen molar-refractivity contribution in [3.05, 3.63) is 62.6 Å². The Labute approximate surface area is 134 Å². The molecule has 0 amide bonds.